The van der Waals surface area contributed by atoms with Gasteiger partial charge in [0.15, 0.2) is 5.71 Å². The van der Waals surface area contributed by atoms with Crippen molar-refractivity contribution in [3.05, 3.63) is 0 Å². The highest BCUT2D eigenvalue weighted by Crippen LogP contribution is 2.30. The zero-order valence-corrected chi connectivity index (χ0v) is 8.76. The number of alkyl halides is 3. The monoisotopic (exact) mass is 234 g/mol. The Morgan fingerprint density at radius 3 is 2.31 bits per heavy atom. The number of amides is 1. The number of hydrogen-bond donors (Lipinski definition) is 0. The molecule has 16 heavy (non-hydrogen) atoms. The van der Waals surface area contributed by atoms with Gasteiger partial charge < -0.3 is 0 Å². The Labute approximate surface area is 91.3 Å². The van der Waals surface area contributed by atoms with Gasteiger partial charge in [0.05, 0.1) is 12.5 Å². The van der Waals surface area contributed by atoms with Crippen molar-refractivity contribution in [2.45, 2.75) is 50.7 Å². The molecule has 3 nitrogen and oxygen atoms in total. The van der Waals surface area contributed by atoms with Crippen molar-refractivity contribution < 1.29 is 18.0 Å². The predicted octanol–water partition coefficient (Wildman–Crippen LogP) is 2.47. The van der Waals surface area contributed by atoms with Crippen LogP contribution in [0, 0.1) is 0 Å². The number of hydrazone groups is 1. The summed E-state index contributed by atoms with van der Waals surface area (Å²) in [6.07, 6.45) is -0.523. The molecule has 1 amide bonds. The van der Waals surface area contributed by atoms with E-state index < -0.39 is 24.2 Å². The first kappa shape index (κ1) is 11.4. The fourth-order valence-electron chi connectivity index (χ4n) is 2.21. The summed E-state index contributed by atoms with van der Waals surface area (Å²) in [6, 6.07) is -0.124. The van der Waals surface area contributed by atoms with E-state index in [0.717, 1.165) is 37.1 Å². The second-order valence-electron chi connectivity index (χ2n) is 4.25. The summed E-state index contributed by atoms with van der Waals surface area (Å²) < 4.78 is 37.1. The lowest BCUT2D eigenvalue weighted by Crippen LogP contribution is -2.34. The second kappa shape index (κ2) is 4.07. The maximum Gasteiger partial charge on any atom is 0.431 e. The van der Waals surface area contributed by atoms with E-state index in [1.807, 2.05) is 0 Å². The molecule has 0 radical (unpaired) electrons. The van der Waals surface area contributed by atoms with Gasteiger partial charge in [0.25, 0.3) is 0 Å². The maximum atomic E-state index is 12.4. The Morgan fingerprint density at radius 2 is 1.81 bits per heavy atom. The summed E-state index contributed by atoms with van der Waals surface area (Å²) in [5, 5.41) is 4.50. The van der Waals surface area contributed by atoms with Gasteiger partial charge in [-0.15, -0.1) is 0 Å². The molecule has 0 atom stereocenters. The molecule has 0 unspecified atom stereocenters. The minimum atomic E-state index is -4.47. The Hall–Kier alpha value is -1.07. The summed E-state index contributed by atoms with van der Waals surface area (Å²) in [5.74, 6) is -0.515. The van der Waals surface area contributed by atoms with Crippen LogP contribution in [-0.2, 0) is 4.79 Å². The van der Waals surface area contributed by atoms with Crippen molar-refractivity contribution >= 4 is 11.6 Å². The Bertz CT molecular complexity index is 319. The van der Waals surface area contributed by atoms with Gasteiger partial charge in [0.1, 0.15) is 0 Å². The fourth-order valence-corrected chi connectivity index (χ4v) is 2.21. The quantitative estimate of drug-likeness (QED) is 0.686. The van der Waals surface area contributed by atoms with Gasteiger partial charge in [-0.05, 0) is 12.8 Å². The lowest BCUT2D eigenvalue weighted by molar-refractivity contribution is -0.131. The van der Waals surface area contributed by atoms with Crippen molar-refractivity contribution in [1.82, 2.24) is 5.01 Å². The molecule has 0 saturated heterocycles. The molecular formula is C10H13F3N2O. The minimum absolute atomic E-state index is 0.124. The maximum absolute atomic E-state index is 12.4. The van der Waals surface area contributed by atoms with E-state index in [1.165, 1.54) is 0 Å². The summed E-state index contributed by atoms with van der Waals surface area (Å²) in [4.78, 5) is 11.4. The molecule has 90 valence electrons. The second-order valence-corrected chi connectivity index (χ2v) is 4.25. The van der Waals surface area contributed by atoms with Crippen LogP contribution in [0.3, 0.4) is 0 Å². The molecule has 1 heterocycles. The normalized spacial score (nSPS) is 23.8. The molecule has 0 N–H and O–H groups in total. The van der Waals surface area contributed by atoms with Crippen molar-refractivity contribution in [3.8, 4) is 0 Å². The minimum Gasteiger partial charge on any atom is -0.273 e. The SMILES string of the molecule is O=C1CC(C(F)(F)F)=NN1C1CCCCC1. The van der Waals surface area contributed by atoms with Crippen LogP contribution in [0.5, 0.6) is 0 Å². The first-order valence-corrected chi connectivity index (χ1v) is 5.45. The van der Waals surface area contributed by atoms with Crippen LogP contribution in [0.4, 0.5) is 13.2 Å². The highest BCUT2D eigenvalue weighted by molar-refractivity contribution is 6.07. The lowest BCUT2D eigenvalue weighted by Gasteiger charge is -2.27. The van der Waals surface area contributed by atoms with E-state index in [0.29, 0.717) is 0 Å². The molecule has 1 saturated carbocycles. The van der Waals surface area contributed by atoms with Crippen molar-refractivity contribution in [2.24, 2.45) is 5.10 Å². The molecule has 2 rings (SSSR count). The van der Waals surface area contributed by atoms with Crippen molar-refractivity contribution in [1.29, 1.82) is 0 Å². The molecule has 1 fully saturated rings. The van der Waals surface area contributed by atoms with E-state index in [1.54, 1.807) is 0 Å². The molecule has 6 heteroatoms. The van der Waals surface area contributed by atoms with E-state index in [4.69, 9.17) is 0 Å². The lowest BCUT2D eigenvalue weighted by atomic mass is 9.95. The van der Waals surface area contributed by atoms with Gasteiger partial charge in [0.2, 0.25) is 5.91 Å². The first-order chi connectivity index (χ1) is 7.48. The van der Waals surface area contributed by atoms with E-state index in [-0.39, 0.29) is 6.04 Å². The van der Waals surface area contributed by atoms with Gasteiger partial charge in [0, 0.05) is 0 Å². The van der Waals surface area contributed by atoms with E-state index in [2.05, 4.69) is 5.10 Å². The summed E-state index contributed by atoms with van der Waals surface area (Å²) in [5.41, 5.74) is -0.955. The Balaban J connectivity index is 2.10. The summed E-state index contributed by atoms with van der Waals surface area (Å²) >= 11 is 0. The number of hydrogen-bond acceptors (Lipinski definition) is 2. The predicted molar refractivity (Wildman–Crippen MR) is 51.8 cm³/mol. The average Bonchev–Trinajstić information content (AvgIpc) is 2.61. The molecule has 0 aromatic rings. The highest BCUT2D eigenvalue weighted by atomic mass is 19.4. The van der Waals surface area contributed by atoms with Crippen LogP contribution in [0.1, 0.15) is 38.5 Å². The van der Waals surface area contributed by atoms with Gasteiger partial charge in [-0.1, -0.05) is 19.3 Å². The summed E-state index contributed by atoms with van der Waals surface area (Å²) in [7, 11) is 0. The first-order valence-electron chi connectivity index (χ1n) is 5.45. The van der Waals surface area contributed by atoms with Gasteiger partial charge in [-0.3, -0.25) is 4.79 Å². The third-order valence-corrected chi connectivity index (χ3v) is 3.05. The van der Waals surface area contributed by atoms with Crippen LogP contribution < -0.4 is 0 Å². The standard InChI is InChI=1S/C10H13F3N2O/c11-10(12,13)8-6-9(16)15(14-8)7-4-2-1-3-5-7/h7H,1-6H2. The topological polar surface area (TPSA) is 32.7 Å². The summed E-state index contributed by atoms with van der Waals surface area (Å²) in [6.45, 7) is 0. The molecule has 0 spiro atoms. The van der Waals surface area contributed by atoms with Gasteiger partial charge >= 0.3 is 6.18 Å². The van der Waals surface area contributed by atoms with Crippen molar-refractivity contribution in [3.63, 3.8) is 0 Å². The number of rotatable bonds is 1. The van der Waals surface area contributed by atoms with E-state index >= 15 is 0 Å². The molecule has 0 bridgehead atoms. The number of carbonyl (C=O) groups is 1. The van der Waals surface area contributed by atoms with Gasteiger partial charge in [-0.2, -0.15) is 18.3 Å². The Kier molecular flexibility index (Phi) is 2.90. The largest absolute Gasteiger partial charge is 0.431 e. The molecule has 0 aromatic heterocycles. The highest BCUT2D eigenvalue weighted by Gasteiger charge is 2.43. The smallest absolute Gasteiger partial charge is 0.273 e. The van der Waals surface area contributed by atoms with Crippen LogP contribution in [0.25, 0.3) is 0 Å². The van der Waals surface area contributed by atoms with Crippen LogP contribution in [-0.4, -0.2) is 28.8 Å². The fraction of sp³-hybridized carbons (Fsp3) is 0.800. The zero-order chi connectivity index (χ0) is 11.8. The molecule has 0 aromatic carbocycles. The molecule has 1 aliphatic heterocycles. The van der Waals surface area contributed by atoms with Crippen LogP contribution in [0.2, 0.25) is 0 Å². The number of nitrogens with zero attached hydrogens (tertiary/aromatic N) is 2. The third-order valence-electron chi connectivity index (χ3n) is 3.05. The Morgan fingerprint density at radius 1 is 1.19 bits per heavy atom. The van der Waals surface area contributed by atoms with Crippen molar-refractivity contribution in [2.75, 3.05) is 0 Å². The number of carbonyl (C=O) groups excluding carboxylic acids is 1. The zero-order valence-electron chi connectivity index (χ0n) is 8.76. The molecule has 1 aliphatic carbocycles. The molecule has 2 aliphatic rings. The number of halogens is 3. The molecular weight excluding hydrogens is 221 g/mol. The van der Waals surface area contributed by atoms with Crippen LogP contribution in [0.15, 0.2) is 5.10 Å². The average molecular weight is 234 g/mol. The van der Waals surface area contributed by atoms with Crippen LogP contribution >= 0.6 is 0 Å². The third kappa shape index (κ3) is 2.20. The van der Waals surface area contributed by atoms with Gasteiger partial charge in [-0.25, -0.2) is 5.01 Å². The van der Waals surface area contributed by atoms with E-state index in [9.17, 15) is 18.0 Å².